The Morgan fingerprint density at radius 1 is 1.12 bits per heavy atom. The van der Waals surface area contributed by atoms with Gasteiger partial charge < -0.3 is 15.7 Å². The van der Waals surface area contributed by atoms with Crippen molar-refractivity contribution in [3.63, 3.8) is 0 Å². The molecule has 0 saturated carbocycles. The molecule has 170 valence electrons. The SMILES string of the molecule is O=C1Nc2ccc(Br)cc2[C@](O)(C(=O)NCCc2ccc(Cl)cc2)N1c1c(F)cccc1F. The smallest absolute Gasteiger partial charge is 0.329 e. The number of benzene rings is 3. The predicted molar refractivity (Wildman–Crippen MR) is 124 cm³/mol. The van der Waals surface area contributed by atoms with E-state index in [1.165, 1.54) is 12.1 Å². The Labute approximate surface area is 201 Å². The van der Waals surface area contributed by atoms with E-state index < -0.39 is 35.0 Å². The zero-order chi connectivity index (χ0) is 23.8. The van der Waals surface area contributed by atoms with E-state index in [0.717, 1.165) is 23.8 Å². The first kappa shape index (κ1) is 23.2. The molecular weight excluding hydrogens is 520 g/mol. The molecule has 1 heterocycles. The zero-order valence-corrected chi connectivity index (χ0v) is 19.3. The molecule has 10 heteroatoms. The molecule has 1 aliphatic heterocycles. The largest absolute Gasteiger partial charge is 0.359 e. The summed E-state index contributed by atoms with van der Waals surface area (Å²) in [5.41, 5.74) is -2.64. The third kappa shape index (κ3) is 4.31. The second-order valence-electron chi connectivity index (χ2n) is 7.33. The maximum Gasteiger partial charge on any atom is 0.329 e. The lowest BCUT2D eigenvalue weighted by Gasteiger charge is -2.42. The number of nitrogens with zero attached hydrogens (tertiary/aromatic N) is 1. The maximum atomic E-state index is 14.7. The second kappa shape index (κ2) is 9.09. The van der Waals surface area contributed by atoms with E-state index in [9.17, 15) is 23.5 Å². The fourth-order valence-corrected chi connectivity index (χ4v) is 4.12. The Hall–Kier alpha value is -3.01. The van der Waals surface area contributed by atoms with Gasteiger partial charge in [0, 0.05) is 21.6 Å². The van der Waals surface area contributed by atoms with Gasteiger partial charge in [-0.05, 0) is 54.4 Å². The van der Waals surface area contributed by atoms with Gasteiger partial charge in [-0.3, -0.25) is 4.79 Å². The molecule has 33 heavy (non-hydrogen) atoms. The quantitative estimate of drug-likeness (QED) is 0.432. The monoisotopic (exact) mass is 535 g/mol. The number of hydrogen-bond donors (Lipinski definition) is 3. The van der Waals surface area contributed by atoms with Crippen LogP contribution < -0.4 is 15.5 Å². The summed E-state index contributed by atoms with van der Waals surface area (Å²) in [6.45, 7) is 0.0846. The lowest BCUT2D eigenvalue weighted by atomic mass is 9.94. The van der Waals surface area contributed by atoms with Crippen LogP contribution in [-0.2, 0) is 16.9 Å². The van der Waals surface area contributed by atoms with Crippen LogP contribution in [0.5, 0.6) is 0 Å². The minimum absolute atomic E-state index is 0.0527. The third-order valence-electron chi connectivity index (χ3n) is 5.22. The fraction of sp³-hybridized carbons (Fsp3) is 0.130. The Balaban J connectivity index is 1.74. The number of carbonyl (C=O) groups is 2. The van der Waals surface area contributed by atoms with Crippen molar-refractivity contribution < 1.29 is 23.5 Å². The number of amides is 3. The number of nitrogens with one attached hydrogen (secondary N) is 2. The number of aliphatic hydroxyl groups is 1. The van der Waals surface area contributed by atoms with Crippen molar-refractivity contribution >= 4 is 50.8 Å². The molecule has 0 aliphatic carbocycles. The van der Waals surface area contributed by atoms with Crippen LogP contribution in [0.1, 0.15) is 11.1 Å². The number of carbonyl (C=O) groups excluding carboxylic acids is 2. The normalized spacial score (nSPS) is 17.4. The number of urea groups is 1. The van der Waals surface area contributed by atoms with Crippen molar-refractivity contribution in [2.24, 2.45) is 0 Å². The van der Waals surface area contributed by atoms with E-state index in [1.807, 2.05) is 0 Å². The summed E-state index contributed by atoms with van der Waals surface area (Å²) in [6.07, 6.45) is 0.393. The molecule has 0 spiro atoms. The minimum atomic E-state index is -2.73. The van der Waals surface area contributed by atoms with E-state index in [1.54, 1.807) is 30.3 Å². The standard InChI is InChI=1S/C23H17BrClF2N3O3/c24-14-6-9-19-16(12-14)23(33,21(31)28-11-10-13-4-7-15(25)8-5-13)30(22(32)29-19)20-17(26)2-1-3-18(20)27/h1-9,12,33H,10-11H2,(H,28,31)(H,29,32)/t23-/m0/s1. The van der Waals surface area contributed by atoms with Crippen LogP contribution in [0.25, 0.3) is 0 Å². The summed E-state index contributed by atoms with van der Waals surface area (Å²) >= 11 is 9.15. The van der Waals surface area contributed by atoms with Gasteiger partial charge in [0.05, 0.1) is 5.69 Å². The van der Waals surface area contributed by atoms with Crippen molar-refractivity contribution in [1.82, 2.24) is 5.32 Å². The molecule has 0 fully saturated rings. The van der Waals surface area contributed by atoms with Crippen LogP contribution in [0.4, 0.5) is 25.0 Å². The van der Waals surface area contributed by atoms with Gasteiger partial charge in [-0.1, -0.05) is 45.7 Å². The molecule has 0 saturated heterocycles. The van der Waals surface area contributed by atoms with Crippen LogP contribution in [-0.4, -0.2) is 23.6 Å². The molecular formula is C23H17BrClF2N3O3. The number of halogens is 4. The first-order valence-corrected chi connectivity index (χ1v) is 11.0. The van der Waals surface area contributed by atoms with Gasteiger partial charge in [0.15, 0.2) is 0 Å². The van der Waals surface area contributed by atoms with Crippen molar-refractivity contribution in [1.29, 1.82) is 0 Å². The van der Waals surface area contributed by atoms with Crippen molar-refractivity contribution in [3.8, 4) is 0 Å². The summed E-state index contributed by atoms with van der Waals surface area (Å²) in [7, 11) is 0. The van der Waals surface area contributed by atoms with Crippen LogP contribution in [0, 0.1) is 11.6 Å². The molecule has 0 radical (unpaired) electrons. The Kier molecular flexibility index (Phi) is 6.38. The highest BCUT2D eigenvalue weighted by Crippen LogP contribution is 2.42. The van der Waals surface area contributed by atoms with Crippen molar-refractivity contribution in [2.75, 3.05) is 16.8 Å². The van der Waals surface area contributed by atoms with Crippen molar-refractivity contribution in [2.45, 2.75) is 12.1 Å². The van der Waals surface area contributed by atoms with Crippen LogP contribution >= 0.6 is 27.5 Å². The molecule has 1 aliphatic rings. The van der Waals surface area contributed by atoms with E-state index in [4.69, 9.17) is 11.6 Å². The number of rotatable bonds is 5. The van der Waals surface area contributed by atoms with Gasteiger partial charge >= 0.3 is 6.03 Å². The first-order chi connectivity index (χ1) is 15.7. The highest BCUT2D eigenvalue weighted by atomic mass is 79.9. The van der Waals surface area contributed by atoms with E-state index in [-0.39, 0.29) is 17.8 Å². The number of anilines is 2. The lowest BCUT2D eigenvalue weighted by Crippen LogP contribution is -2.63. The summed E-state index contributed by atoms with van der Waals surface area (Å²) in [5, 5.41) is 17.3. The third-order valence-corrected chi connectivity index (χ3v) is 5.96. The molecule has 0 aromatic heterocycles. The molecule has 3 amide bonds. The van der Waals surface area contributed by atoms with Gasteiger partial charge in [0.1, 0.15) is 17.3 Å². The Morgan fingerprint density at radius 3 is 2.45 bits per heavy atom. The molecule has 3 N–H and O–H groups in total. The summed E-state index contributed by atoms with van der Waals surface area (Å²) in [4.78, 5) is 26.6. The minimum Gasteiger partial charge on any atom is -0.359 e. The lowest BCUT2D eigenvalue weighted by molar-refractivity contribution is -0.140. The van der Waals surface area contributed by atoms with Gasteiger partial charge in [0.25, 0.3) is 11.6 Å². The molecule has 4 rings (SSSR count). The maximum absolute atomic E-state index is 14.7. The molecule has 3 aromatic rings. The second-order valence-corrected chi connectivity index (χ2v) is 8.68. The Morgan fingerprint density at radius 2 is 1.79 bits per heavy atom. The fourth-order valence-electron chi connectivity index (χ4n) is 3.64. The first-order valence-electron chi connectivity index (χ1n) is 9.82. The average Bonchev–Trinajstić information content (AvgIpc) is 2.77. The number of fused-ring (bicyclic) bond motifs is 1. The molecule has 3 aromatic carbocycles. The molecule has 6 nitrogen and oxygen atoms in total. The highest BCUT2D eigenvalue weighted by molar-refractivity contribution is 9.10. The highest BCUT2D eigenvalue weighted by Gasteiger charge is 2.53. The molecule has 0 bridgehead atoms. The number of para-hydroxylation sites is 1. The van der Waals surface area contributed by atoms with Crippen LogP contribution in [0.3, 0.4) is 0 Å². The average molecular weight is 537 g/mol. The van der Waals surface area contributed by atoms with E-state index in [2.05, 4.69) is 26.6 Å². The van der Waals surface area contributed by atoms with Gasteiger partial charge in [-0.25, -0.2) is 18.5 Å². The van der Waals surface area contributed by atoms with Gasteiger partial charge in [0.2, 0.25) is 0 Å². The van der Waals surface area contributed by atoms with Crippen LogP contribution in [0.15, 0.2) is 65.1 Å². The molecule has 0 unspecified atom stereocenters. The predicted octanol–water partition coefficient (Wildman–Crippen LogP) is 4.94. The summed E-state index contributed by atoms with van der Waals surface area (Å²) < 4.78 is 29.8. The van der Waals surface area contributed by atoms with Crippen molar-refractivity contribution in [3.05, 3.63) is 92.9 Å². The Bertz CT molecular complexity index is 1220. The van der Waals surface area contributed by atoms with E-state index >= 15 is 0 Å². The van der Waals surface area contributed by atoms with Gasteiger partial charge in [-0.2, -0.15) is 0 Å². The number of hydrogen-bond acceptors (Lipinski definition) is 3. The zero-order valence-electron chi connectivity index (χ0n) is 16.9. The topological polar surface area (TPSA) is 81.7 Å². The molecule has 1 atom stereocenters. The van der Waals surface area contributed by atoms with Gasteiger partial charge in [-0.15, -0.1) is 0 Å². The summed E-state index contributed by atoms with van der Waals surface area (Å²) in [5.74, 6) is -3.25. The summed E-state index contributed by atoms with van der Waals surface area (Å²) in [6, 6.07) is 13.4. The van der Waals surface area contributed by atoms with E-state index in [0.29, 0.717) is 20.8 Å². The van der Waals surface area contributed by atoms with Crippen LogP contribution in [0.2, 0.25) is 5.02 Å².